The Hall–Kier alpha value is -1.57. The molecule has 0 aromatic heterocycles. The van der Waals surface area contributed by atoms with Gasteiger partial charge in [0, 0.05) is 6.08 Å². The second-order valence-electron chi connectivity index (χ2n) is 5.37. The van der Waals surface area contributed by atoms with Crippen LogP contribution in [-0.4, -0.2) is 13.1 Å². The summed E-state index contributed by atoms with van der Waals surface area (Å²) in [5, 5.41) is 0. The number of esters is 1. The van der Waals surface area contributed by atoms with Crippen LogP contribution in [0.4, 0.5) is 0 Å². The number of allylic oxidation sites excluding steroid dienone is 1. The summed E-state index contributed by atoms with van der Waals surface area (Å²) in [6, 6.07) is 8.38. The lowest BCUT2D eigenvalue weighted by atomic mass is 9.86. The third-order valence-corrected chi connectivity index (χ3v) is 3.00. The molecule has 2 heteroatoms. The van der Waals surface area contributed by atoms with Gasteiger partial charge in [-0.2, -0.15) is 0 Å². The van der Waals surface area contributed by atoms with Crippen molar-refractivity contribution in [1.82, 2.24) is 0 Å². The molecule has 0 unspecified atom stereocenters. The van der Waals surface area contributed by atoms with Crippen LogP contribution < -0.4 is 0 Å². The van der Waals surface area contributed by atoms with Crippen molar-refractivity contribution in [3.8, 4) is 0 Å². The molecule has 0 fully saturated rings. The van der Waals surface area contributed by atoms with Gasteiger partial charge in [0.2, 0.25) is 0 Å². The fourth-order valence-electron chi connectivity index (χ4n) is 1.78. The number of hydrogen-bond acceptors (Lipinski definition) is 2. The average molecular weight is 246 g/mol. The summed E-state index contributed by atoms with van der Waals surface area (Å²) in [6.45, 7) is 8.60. The van der Waals surface area contributed by atoms with E-state index in [9.17, 15) is 4.79 Å². The van der Waals surface area contributed by atoms with E-state index in [1.165, 1.54) is 12.7 Å². The molecule has 0 aliphatic carbocycles. The smallest absolute Gasteiger partial charge is 0.330 e. The standard InChI is InChI=1S/C16H22O2/c1-6-12(11-15(17)18-5)13-7-9-14(10-8-13)16(2,3)4/h7-11H,6H2,1-5H3. The lowest BCUT2D eigenvalue weighted by molar-refractivity contribution is -0.134. The first-order valence-electron chi connectivity index (χ1n) is 6.28. The molecule has 1 rings (SSSR count). The minimum absolute atomic E-state index is 0.150. The van der Waals surface area contributed by atoms with Gasteiger partial charge in [-0.15, -0.1) is 0 Å². The lowest BCUT2D eigenvalue weighted by Crippen LogP contribution is -2.10. The third-order valence-electron chi connectivity index (χ3n) is 3.00. The van der Waals surface area contributed by atoms with Crippen LogP contribution in [0.15, 0.2) is 30.3 Å². The van der Waals surface area contributed by atoms with Gasteiger partial charge in [0.15, 0.2) is 0 Å². The fraction of sp³-hybridized carbons (Fsp3) is 0.438. The molecule has 1 aromatic carbocycles. The zero-order valence-electron chi connectivity index (χ0n) is 11.9. The molecule has 0 spiro atoms. The van der Waals surface area contributed by atoms with Crippen LogP contribution >= 0.6 is 0 Å². The van der Waals surface area contributed by atoms with Crippen LogP contribution in [-0.2, 0) is 14.9 Å². The Balaban J connectivity index is 3.03. The van der Waals surface area contributed by atoms with Gasteiger partial charge in [-0.1, -0.05) is 52.0 Å². The molecule has 0 amide bonds. The van der Waals surface area contributed by atoms with Crippen molar-refractivity contribution in [3.05, 3.63) is 41.5 Å². The lowest BCUT2D eigenvalue weighted by Gasteiger charge is -2.19. The zero-order chi connectivity index (χ0) is 13.8. The Kier molecular flexibility index (Phi) is 4.71. The van der Waals surface area contributed by atoms with E-state index in [-0.39, 0.29) is 11.4 Å². The van der Waals surface area contributed by atoms with Gasteiger partial charge in [-0.3, -0.25) is 0 Å². The normalized spacial score (nSPS) is 12.4. The van der Waals surface area contributed by atoms with Crippen molar-refractivity contribution in [1.29, 1.82) is 0 Å². The van der Waals surface area contributed by atoms with Crippen LogP contribution in [0.1, 0.15) is 45.2 Å². The van der Waals surface area contributed by atoms with Gasteiger partial charge in [-0.25, -0.2) is 4.79 Å². The molecule has 18 heavy (non-hydrogen) atoms. The molecule has 0 saturated heterocycles. The summed E-state index contributed by atoms with van der Waals surface area (Å²) in [7, 11) is 1.40. The first kappa shape index (κ1) is 14.5. The number of rotatable bonds is 3. The summed E-state index contributed by atoms with van der Waals surface area (Å²) in [4.78, 5) is 11.3. The van der Waals surface area contributed by atoms with Crippen LogP contribution in [0.2, 0.25) is 0 Å². The topological polar surface area (TPSA) is 26.3 Å². The Labute approximate surface area is 110 Å². The van der Waals surface area contributed by atoms with Crippen LogP contribution in [0.25, 0.3) is 5.57 Å². The monoisotopic (exact) mass is 246 g/mol. The maximum absolute atomic E-state index is 11.3. The van der Waals surface area contributed by atoms with E-state index >= 15 is 0 Å². The predicted molar refractivity (Wildman–Crippen MR) is 75.4 cm³/mol. The highest BCUT2D eigenvalue weighted by atomic mass is 16.5. The molecule has 0 bridgehead atoms. The summed E-state index contributed by atoms with van der Waals surface area (Å²) < 4.78 is 4.67. The Morgan fingerprint density at radius 2 is 1.78 bits per heavy atom. The van der Waals surface area contributed by atoms with Crippen LogP contribution in [0.3, 0.4) is 0 Å². The molecule has 0 atom stereocenters. The molecule has 0 radical (unpaired) electrons. The van der Waals surface area contributed by atoms with Crippen molar-refractivity contribution < 1.29 is 9.53 Å². The van der Waals surface area contributed by atoms with Crippen molar-refractivity contribution >= 4 is 11.5 Å². The molecular weight excluding hydrogens is 224 g/mol. The molecule has 0 aliphatic heterocycles. The third kappa shape index (κ3) is 3.73. The first-order valence-corrected chi connectivity index (χ1v) is 6.28. The van der Waals surface area contributed by atoms with Crippen molar-refractivity contribution in [2.75, 3.05) is 7.11 Å². The van der Waals surface area contributed by atoms with E-state index in [2.05, 4.69) is 49.8 Å². The average Bonchev–Trinajstić information content (AvgIpc) is 2.34. The van der Waals surface area contributed by atoms with Crippen molar-refractivity contribution in [2.24, 2.45) is 0 Å². The summed E-state index contributed by atoms with van der Waals surface area (Å²) in [5.74, 6) is -0.299. The van der Waals surface area contributed by atoms with E-state index in [0.29, 0.717) is 0 Å². The summed E-state index contributed by atoms with van der Waals surface area (Å²) in [5.41, 5.74) is 3.52. The van der Waals surface area contributed by atoms with E-state index in [1.807, 2.05) is 6.92 Å². The molecular formula is C16H22O2. The van der Waals surface area contributed by atoms with E-state index < -0.39 is 0 Å². The number of carbonyl (C=O) groups excluding carboxylic acids is 1. The Morgan fingerprint density at radius 1 is 1.22 bits per heavy atom. The molecule has 0 N–H and O–H groups in total. The van der Waals surface area contributed by atoms with Gasteiger partial charge in [-0.05, 0) is 28.5 Å². The number of benzene rings is 1. The Morgan fingerprint density at radius 3 is 2.17 bits per heavy atom. The second-order valence-corrected chi connectivity index (χ2v) is 5.37. The Bertz CT molecular complexity index is 433. The molecule has 0 heterocycles. The first-order chi connectivity index (χ1) is 8.38. The maximum atomic E-state index is 11.3. The molecule has 1 aromatic rings. The number of carbonyl (C=O) groups is 1. The summed E-state index contributed by atoms with van der Waals surface area (Å²) >= 11 is 0. The van der Waals surface area contributed by atoms with Gasteiger partial charge < -0.3 is 4.74 Å². The molecule has 2 nitrogen and oxygen atoms in total. The largest absolute Gasteiger partial charge is 0.466 e. The van der Waals surface area contributed by atoms with Crippen molar-refractivity contribution in [2.45, 2.75) is 39.5 Å². The minimum atomic E-state index is -0.299. The van der Waals surface area contributed by atoms with E-state index in [0.717, 1.165) is 17.6 Å². The highest BCUT2D eigenvalue weighted by molar-refractivity contribution is 5.91. The van der Waals surface area contributed by atoms with Gasteiger partial charge in [0.25, 0.3) is 0 Å². The highest BCUT2D eigenvalue weighted by Gasteiger charge is 2.13. The maximum Gasteiger partial charge on any atom is 0.330 e. The van der Waals surface area contributed by atoms with Crippen LogP contribution in [0.5, 0.6) is 0 Å². The summed E-state index contributed by atoms with van der Waals surface area (Å²) in [6.07, 6.45) is 2.37. The SMILES string of the molecule is CCC(=CC(=O)OC)c1ccc(C(C)(C)C)cc1. The van der Waals surface area contributed by atoms with Crippen molar-refractivity contribution in [3.63, 3.8) is 0 Å². The van der Waals surface area contributed by atoms with E-state index in [4.69, 9.17) is 0 Å². The fourth-order valence-corrected chi connectivity index (χ4v) is 1.78. The number of methoxy groups -OCH3 is 1. The minimum Gasteiger partial charge on any atom is -0.466 e. The predicted octanol–water partition coefficient (Wildman–Crippen LogP) is 3.95. The quantitative estimate of drug-likeness (QED) is 0.596. The van der Waals surface area contributed by atoms with Gasteiger partial charge in [0.1, 0.15) is 0 Å². The number of hydrogen-bond donors (Lipinski definition) is 0. The highest BCUT2D eigenvalue weighted by Crippen LogP contribution is 2.25. The molecule has 0 aliphatic rings. The zero-order valence-corrected chi connectivity index (χ0v) is 11.9. The van der Waals surface area contributed by atoms with Gasteiger partial charge >= 0.3 is 5.97 Å². The molecule has 98 valence electrons. The number of ether oxygens (including phenoxy) is 1. The molecule has 0 saturated carbocycles. The van der Waals surface area contributed by atoms with Gasteiger partial charge in [0.05, 0.1) is 7.11 Å². The van der Waals surface area contributed by atoms with E-state index in [1.54, 1.807) is 6.08 Å². The second kappa shape index (κ2) is 5.85. The van der Waals surface area contributed by atoms with Crippen LogP contribution in [0, 0.1) is 0 Å².